The van der Waals surface area contributed by atoms with Crippen molar-refractivity contribution in [3.63, 3.8) is 0 Å². The van der Waals surface area contributed by atoms with Crippen molar-refractivity contribution >= 4 is 28.4 Å². The van der Waals surface area contributed by atoms with Crippen molar-refractivity contribution < 1.29 is 21.1 Å². The number of nitrogens with zero attached hydrogens (tertiary/aromatic N) is 2. The average molecular weight is 407 g/mol. The Morgan fingerprint density at radius 2 is 1.85 bits per heavy atom. The molecule has 0 aliphatic rings. The molecule has 0 heterocycles. The molecule has 13 heavy (non-hydrogen) atoms. The van der Waals surface area contributed by atoms with Crippen molar-refractivity contribution in [3.05, 3.63) is 35.9 Å². The fourth-order valence-electron chi connectivity index (χ4n) is 0.658. The molecule has 0 bridgehead atoms. The molecule has 1 rings (SSSR count). The Morgan fingerprint density at radius 3 is 2.46 bits per heavy atom. The molecule has 66 valence electrons. The summed E-state index contributed by atoms with van der Waals surface area (Å²) >= 11 is 3.14. The number of hydrogen-bond donors (Lipinski definition) is 0. The normalized spacial score (nSPS) is 10.5. The van der Waals surface area contributed by atoms with Gasteiger partial charge in [0.25, 0.3) is 0 Å². The summed E-state index contributed by atoms with van der Waals surface area (Å²) < 4.78 is 0. The van der Waals surface area contributed by atoms with Gasteiger partial charge in [-0.2, -0.15) is 17.7 Å². The van der Waals surface area contributed by atoms with E-state index in [-0.39, 0.29) is 21.1 Å². The summed E-state index contributed by atoms with van der Waals surface area (Å²) in [6.45, 7) is 0. The third kappa shape index (κ3) is 5.89. The first-order valence-corrected chi connectivity index (χ1v) is 4.55. The van der Waals surface area contributed by atoms with Gasteiger partial charge in [0, 0.05) is 0 Å². The summed E-state index contributed by atoms with van der Waals surface area (Å²) in [4.78, 5) is 0. The molecule has 0 aliphatic carbocycles. The molecule has 0 unspecified atom stereocenters. The zero-order valence-electron chi connectivity index (χ0n) is 6.77. The van der Waals surface area contributed by atoms with E-state index in [1.807, 2.05) is 30.3 Å². The maximum absolute atomic E-state index is 3.67. The first-order valence-electron chi connectivity index (χ1n) is 3.43. The van der Waals surface area contributed by atoms with E-state index < -0.39 is 0 Å². The van der Waals surface area contributed by atoms with Crippen LogP contribution in [0.15, 0.2) is 40.5 Å². The topological polar surface area (TPSA) is 24.7 Å². The molecule has 0 N–H and O–H groups in total. The van der Waals surface area contributed by atoms with Gasteiger partial charge < -0.3 is 11.3 Å². The van der Waals surface area contributed by atoms with Crippen LogP contribution in [0.5, 0.6) is 0 Å². The molecule has 0 amide bonds. The SMILES string of the molecule is BrC[C-]=NN=[C-]c1ccccc1.[W+2]. The van der Waals surface area contributed by atoms with Crippen molar-refractivity contribution in [1.29, 1.82) is 0 Å². The zero-order chi connectivity index (χ0) is 8.65. The fraction of sp³-hybridized carbons (Fsp3) is 0.111. The van der Waals surface area contributed by atoms with Crippen LogP contribution >= 0.6 is 15.9 Å². The molecule has 1 aromatic rings. The summed E-state index contributed by atoms with van der Waals surface area (Å²) in [5.41, 5.74) is 0.914. The predicted octanol–water partition coefficient (Wildman–Crippen LogP) is 2.24. The van der Waals surface area contributed by atoms with Crippen LogP contribution in [0.25, 0.3) is 0 Å². The molecular weight excluding hydrogens is 400 g/mol. The number of halogens is 1. The molecule has 1 aromatic carbocycles. The predicted molar refractivity (Wildman–Crippen MR) is 54.2 cm³/mol. The summed E-state index contributed by atoms with van der Waals surface area (Å²) in [6, 6.07) is 9.62. The van der Waals surface area contributed by atoms with E-state index >= 15 is 0 Å². The summed E-state index contributed by atoms with van der Waals surface area (Å²) in [5, 5.41) is 7.86. The minimum absolute atomic E-state index is 0. The maximum atomic E-state index is 3.67. The van der Waals surface area contributed by atoms with E-state index in [4.69, 9.17) is 0 Å². The van der Waals surface area contributed by atoms with Gasteiger partial charge in [-0.15, -0.1) is 33.4 Å². The second kappa shape index (κ2) is 8.33. The van der Waals surface area contributed by atoms with E-state index in [1.54, 1.807) is 0 Å². The van der Waals surface area contributed by atoms with Crippen molar-refractivity contribution in [2.24, 2.45) is 10.2 Å². The molecule has 0 aromatic heterocycles. The molecule has 0 saturated carbocycles. The molecule has 0 fully saturated rings. The minimum atomic E-state index is 0. The molecule has 0 atom stereocenters. The minimum Gasteiger partial charge on any atom is -0.388 e. The van der Waals surface area contributed by atoms with E-state index in [9.17, 15) is 0 Å². The van der Waals surface area contributed by atoms with Gasteiger partial charge in [0.05, 0.1) is 0 Å². The van der Waals surface area contributed by atoms with Crippen LogP contribution in [0.2, 0.25) is 0 Å². The van der Waals surface area contributed by atoms with E-state index in [1.165, 1.54) is 0 Å². The zero-order valence-corrected chi connectivity index (χ0v) is 11.3. The number of alkyl halides is 1. The van der Waals surface area contributed by atoms with E-state index in [0.29, 0.717) is 5.33 Å². The van der Waals surface area contributed by atoms with E-state index in [2.05, 4.69) is 38.6 Å². The fourth-order valence-corrected chi connectivity index (χ4v) is 0.770. The van der Waals surface area contributed by atoms with Gasteiger partial charge in [0.15, 0.2) is 0 Å². The molecule has 0 spiro atoms. The summed E-state index contributed by atoms with van der Waals surface area (Å²) in [7, 11) is 0. The Bertz CT molecular complexity index is 272. The van der Waals surface area contributed by atoms with Crippen molar-refractivity contribution in [1.82, 2.24) is 0 Å². The summed E-state index contributed by atoms with van der Waals surface area (Å²) in [6.07, 6.45) is 5.39. The maximum Gasteiger partial charge on any atom is 2.00 e. The van der Waals surface area contributed by atoms with Gasteiger partial charge >= 0.3 is 21.1 Å². The Balaban J connectivity index is 0.00000144. The van der Waals surface area contributed by atoms with Crippen LogP contribution in [-0.4, -0.2) is 17.8 Å². The average Bonchev–Trinajstić information content (AvgIpc) is 2.14. The Kier molecular flexibility index (Phi) is 8.16. The van der Waals surface area contributed by atoms with Crippen LogP contribution in [-0.2, 0) is 21.1 Å². The second-order valence-corrected chi connectivity index (χ2v) is 2.53. The molecule has 0 radical (unpaired) electrons. The third-order valence-corrected chi connectivity index (χ3v) is 1.38. The van der Waals surface area contributed by atoms with Gasteiger partial charge in [-0.05, 0) is 6.21 Å². The van der Waals surface area contributed by atoms with Crippen molar-refractivity contribution in [3.8, 4) is 0 Å². The second-order valence-electron chi connectivity index (χ2n) is 1.97. The number of rotatable bonds is 3. The Hall–Kier alpha value is -0.272. The van der Waals surface area contributed by atoms with Crippen LogP contribution in [0.1, 0.15) is 5.56 Å². The number of benzene rings is 1. The van der Waals surface area contributed by atoms with Crippen LogP contribution < -0.4 is 0 Å². The van der Waals surface area contributed by atoms with Gasteiger partial charge in [-0.1, -0.05) is 6.07 Å². The molecule has 0 aliphatic heterocycles. The smallest absolute Gasteiger partial charge is 0.388 e. The monoisotopic (exact) mass is 406 g/mol. The number of hydrogen-bond acceptors (Lipinski definition) is 2. The standard InChI is InChI=1S/C9H7BrN2.W/c10-6-7-11-12-8-9-4-2-1-3-5-9;/h1-5H,6H2;/q-2;+2. The Labute approximate surface area is 101 Å². The van der Waals surface area contributed by atoms with Gasteiger partial charge in [0.1, 0.15) is 0 Å². The molecular formula is C9H7BrN2W. The molecule has 2 nitrogen and oxygen atoms in total. The molecule has 0 saturated heterocycles. The summed E-state index contributed by atoms with van der Waals surface area (Å²) in [5.74, 6) is 0. The van der Waals surface area contributed by atoms with Gasteiger partial charge in [0.2, 0.25) is 0 Å². The van der Waals surface area contributed by atoms with Gasteiger partial charge in [-0.25, -0.2) is 0 Å². The first kappa shape index (κ1) is 12.7. The third-order valence-electron chi connectivity index (χ3n) is 1.13. The first-order chi connectivity index (χ1) is 5.93. The van der Waals surface area contributed by atoms with Crippen LogP contribution in [0, 0.1) is 0 Å². The Morgan fingerprint density at radius 1 is 1.15 bits per heavy atom. The molecule has 4 heteroatoms. The quantitative estimate of drug-likeness (QED) is 0.318. The van der Waals surface area contributed by atoms with Crippen molar-refractivity contribution in [2.45, 2.75) is 0 Å². The van der Waals surface area contributed by atoms with E-state index in [0.717, 1.165) is 5.56 Å². The largest absolute Gasteiger partial charge is 2.00 e. The van der Waals surface area contributed by atoms with Crippen LogP contribution in [0.4, 0.5) is 0 Å². The van der Waals surface area contributed by atoms with Crippen LogP contribution in [0.3, 0.4) is 0 Å². The van der Waals surface area contributed by atoms with Crippen molar-refractivity contribution in [2.75, 3.05) is 5.33 Å². The van der Waals surface area contributed by atoms with Gasteiger partial charge in [-0.3, -0.25) is 5.10 Å².